The van der Waals surface area contributed by atoms with E-state index in [0.717, 1.165) is 31.2 Å². The summed E-state index contributed by atoms with van der Waals surface area (Å²) in [5.41, 5.74) is 1.22. The van der Waals surface area contributed by atoms with Crippen molar-refractivity contribution in [3.63, 3.8) is 0 Å². The second-order valence-corrected chi connectivity index (χ2v) is 6.97. The normalized spacial score (nSPS) is 18.8. The molecule has 24 heavy (non-hydrogen) atoms. The molecule has 0 aromatic heterocycles. The highest BCUT2D eigenvalue weighted by Crippen LogP contribution is 2.38. The Balaban J connectivity index is 0.00000208. The summed E-state index contributed by atoms with van der Waals surface area (Å²) in [5, 5.41) is 3.92. The van der Waals surface area contributed by atoms with Crippen molar-refractivity contribution in [3.05, 3.63) is 22.7 Å². The van der Waals surface area contributed by atoms with Gasteiger partial charge < -0.3 is 14.8 Å². The Bertz CT molecular complexity index is 520. The molecule has 1 fully saturated rings. The molecule has 0 amide bonds. The summed E-state index contributed by atoms with van der Waals surface area (Å²) in [7, 11) is 2.03. The van der Waals surface area contributed by atoms with Crippen molar-refractivity contribution in [1.29, 1.82) is 0 Å². The van der Waals surface area contributed by atoms with Crippen LogP contribution < -0.4 is 14.8 Å². The van der Waals surface area contributed by atoms with Crippen molar-refractivity contribution in [1.82, 2.24) is 10.2 Å². The Morgan fingerprint density at radius 2 is 1.96 bits per heavy atom. The van der Waals surface area contributed by atoms with Gasteiger partial charge in [0.2, 0.25) is 0 Å². The molecule has 136 valence electrons. The molecule has 4 nitrogen and oxygen atoms in total. The van der Waals surface area contributed by atoms with Crippen LogP contribution in [0.1, 0.15) is 31.2 Å². The summed E-state index contributed by atoms with van der Waals surface area (Å²) >= 11 is 6.39. The van der Waals surface area contributed by atoms with Gasteiger partial charge in [-0.15, -0.1) is 12.4 Å². The minimum Gasteiger partial charge on any atom is -0.489 e. The predicted molar refractivity (Wildman–Crippen MR) is 101 cm³/mol. The maximum atomic E-state index is 6.39. The molecule has 2 aliphatic heterocycles. The number of rotatable bonds is 5. The average Bonchev–Trinajstić information content (AvgIpc) is 2.80. The van der Waals surface area contributed by atoms with E-state index >= 15 is 0 Å². The van der Waals surface area contributed by atoms with Crippen LogP contribution in [0.15, 0.2) is 12.1 Å². The first-order valence-corrected chi connectivity index (χ1v) is 9.09. The number of likely N-dealkylation sites (tertiary alicyclic amines) is 1. The molecule has 0 radical (unpaired) electrons. The van der Waals surface area contributed by atoms with Gasteiger partial charge in [0, 0.05) is 13.0 Å². The first-order valence-electron chi connectivity index (χ1n) is 8.71. The van der Waals surface area contributed by atoms with Gasteiger partial charge in [0.25, 0.3) is 0 Å². The molecule has 1 aromatic carbocycles. The summed E-state index contributed by atoms with van der Waals surface area (Å²) in [6.45, 7) is 5.77. The first-order chi connectivity index (χ1) is 11.3. The molecular weight excluding hydrogens is 347 g/mol. The SMILES string of the molecule is CNCCC1CCN(Cc2cc(Cl)c3c(c2)OCCCO3)CC1.Cl. The van der Waals surface area contributed by atoms with Crippen LogP contribution in [0.2, 0.25) is 5.02 Å². The summed E-state index contributed by atoms with van der Waals surface area (Å²) in [6, 6.07) is 4.13. The number of fused-ring (bicyclic) bond motifs is 1. The zero-order chi connectivity index (χ0) is 16.1. The Kier molecular flexibility index (Phi) is 7.95. The van der Waals surface area contributed by atoms with Crippen molar-refractivity contribution in [2.24, 2.45) is 5.92 Å². The number of halogens is 2. The molecule has 2 aliphatic rings. The van der Waals surface area contributed by atoms with Gasteiger partial charge in [-0.2, -0.15) is 0 Å². The Hall–Kier alpha value is -0.680. The summed E-state index contributed by atoms with van der Waals surface area (Å²) in [4.78, 5) is 2.52. The van der Waals surface area contributed by atoms with Gasteiger partial charge in [-0.25, -0.2) is 0 Å². The summed E-state index contributed by atoms with van der Waals surface area (Å²) in [5.74, 6) is 2.37. The number of piperidine rings is 1. The minimum absolute atomic E-state index is 0. The van der Waals surface area contributed by atoms with Crippen LogP contribution >= 0.6 is 24.0 Å². The van der Waals surface area contributed by atoms with Gasteiger partial charge >= 0.3 is 0 Å². The Morgan fingerprint density at radius 3 is 2.71 bits per heavy atom. The molecule has 0 bridgehead atoms. The van der Waals surface area contributed by atoms with Gasteiger partial charge in [0.1, 0.15) is 0 Å². The van der Waals surface area contributed by atoms with Crippen molar-refractivity contribution in [2.75, 3.05) is 39.9 Å². The van der Waals surface area contributed by atoms with E-state index in [0.29, 0.717) is 24.0 Å². The minimum atomic E-state index is 0. The molecular formula is C18H28Cl2N2O2. The van der Waals surface area contributed by atoms with E-state index in [9.17, 15) is 0 Å². The average molecular weight is 375 g/mol. The molecule has 0 saturated carbocycles. The fraction of sp³-hybridized carbons (Fsp3) is 0.667. The smallest absolute Gasteiger partial charge is 0.179 e. The third-order valence-corrected chi connectivity index (χ3v) is 5.06. The number of benzene rings is 1. The van der Waals surface area contributed by atoms with E-state index in [1.807, 2.05) is 13.1 Å². The van der Waals surface area contributed by atoms with E-state index < -0.39 is 0 Å². The molecule has 0 unspecified atom stereocenters. The summed E-state index contributed by atoms with van der Waals surface area (Å²) < 4.78 is 11.5. The summed E-state index contributed by atoms with van der Waals surface area (Å²) in [6.07, 6.45) is 4.78. The van der Waals surface area contributed by atoms with Crippen LogP contribution in [-0.4, -0.2) is 44.8 Å². The van der Waals surface area contributed by atoms with E-state index in [1.165, 1.54) is 37.9 Å². The van der Waals surface area contributed by atoms with Crippen LogP contribution in [0.3, 0.4) is 0 Å². The third kappa shape index (κ3) is 5.16. The van der Waals surface area contributed by atoms with E-state index in [1.54, 1.807) is 0 Å². The van der Waals surface area contributed by atoms with Crippen molar-refractivity contribution in [3.8, 4) is 11.5 Å². The molecule has 1 saturated heterocycles. The number of hydrogen-bond donors (Lipinski definition) is 1. The van der Waals surface area contributed by atoms with Crippen LogP contribution in [0.5, 0.6) is 11.5 Å². The fourth-order valence-electron chi connectivity index (χ4n) is 3.42. The van der Waals surface area contributed by atoms with Gasteiger partial charge in [-0.3, -0.25) is 4.90 Å². The highest BCUT2D eigenvalue weighted by Gasteiger charge is 2.21. The number of hydrogen-bond acceptors (Lipinski definition) is 4. The fourth-order valence-corrected chi connectivity index (χ4v) is 3.70. The lowest BCUT2D eigenvalue weighted by Crippen LogP contribution is -2.34. The molecule has 1 N–H and O–H groups in total. The highest BCUT2D eigenvalue weighted by atomic mass is 35.5. The van der Waals surface area contributed by atoms with Crippen LogP contribution in [0, 0.1) is 5.92 Å². The van der Waals surface area contributed by atoms with Crippen molar-refractivity contribution in [2.45, 2.75) is 32.2 Å². The molecule has 0 spiro atoms. The maximum Gasteiger partial charge on any atom is 0.179 e. The lowest BCUT2D eigenvalue weighted by atomic mass is 9.93. The Labute approximate surface area is 156 Å². The molecule has 6 heteroatoms. The predicted octanol–water partition coefficient (Wildman–Crippen LogP) is 3.74. The van der Waals surface area contributed by atoms with Gasteiger partial charge in [0.15, 0.2) is 11.5 Å². The third-order valence-electron chi connectivity index (χ3n) is 4.78. The van der Waals surface area contributed by atoms with Crippen LogP contribution in [0.25, 0.3) is 0 Å². The zero-order valence-electron chi connectivity index (χ0n) is 14.4. The van der Waals surface area contributed by atoms with Crippen molar-refractivity contribution >= 4 is 24.0 Å². The quantitative estimate of drug-likeness (QED) is 0.850. The Morgan fingerprint density at radius 1 is 1.21 bits per heavy atom. The second-order valence-electron chi connectivity index (χ2n) is 6.57. The zero-order valence-corrected chi connectivity index (χ0v) is 15.9. The lowest BCUT2D eigenvalue weighted by molar-refractivity contribution is 0.172. The molecule has 2 heterocycles. The molecule has 0 aliphatic carbocycles. The molecule has 3 rings (SSSR count). The van der Waals surface area contributed by atoms with Crippen molar-refractivity contribution < 1.29 is 9.47 Å². The number of ether oxygens (including phenoxy) is 2. The van der Waals surface area contributed by atoms with E-state index in [2.05, 4.69) is 16.3 Å². The first kappa shape index (κ1) is 19.6. The van der Waals surface area contributed by atoms with Gasteiger partial charge in [-0.05, 0) is 69.6 Å². The number of nitrogens with one attached hydrogen (secondary N) is 1. The van der Waals surface area contributed by atoms with E-state index in [-0.39, 0.29) is 12.4 Å². The standard InChI is InChI=1S/C18H27ClN2O2.ClH/c1-20-6-3-14-4-7-21(8-5-14)13-15-11-16(19)18-17(12-15)22-9-2-10-23-18;/h11-12,14,20H,2-10,13H2,1H3;1H. The topological polar surface area (TPSA) is 33.7 Å². The number of nitrogens with zero attached hydrogens (tertiary/aromatic N) is 1. The molecule has 0 atom stereocenters. The van der Waals surface area contributed by atoms with Crippen LogP contribution in [-0.2, 0) is 6.54 Å². The van der Waals surface area contributed by atoms with E-state index in [4.69, 9.17) is 21.1 Å². The second kappa shape index (κ2) is 9.71. The van der Waals surface area contributed by atoms with Gasteiger partial charge in [0.05, 0.1) is 18.2 Å². The monoisotopic (exact) mass is 374 g/mol. The van der Waals surface area contributed by atoms with Crippen LogP contribution in [0.4, 0.5) is 0 Å². The molecule has 1 aromatic rings. The highest BCUT2D eigenvalue weighted by molar-refractivity contribution is 6.32. The van der Waals surface area contributed by atoms with Gasteiger partial charge in [-0.1, -0.05) is 11.6 Å². The largest absolute Gasteiger partial charge is 0.489 e. The maximum absolute atomic E-state index is 6.39. The lowest BCUT2D eigenvalue weighted by Gasteiger charge is -2.32.